The Morgan fingerprint density at radius 3 is 1.85 bits per heavy atom. The zero-order valence-electron chi connectivity index (χ0n) is 12.4. The SMILES string of the molecule is CCCCCCCCCCC1=C(CBr)C(=O)C=CC1=O. The number of alkyl halides is 1. The van der Waals surface area contributed by atoms with Crippen molar-refractivity contribution in [2.75, 3.05) is 5.33 Å². The molecule has 1 aliphatic carbocycles. The molecule has 0 atom stereocenters. The van der Waals surface area contributed by atoms with Crippen LogP contribution in [0.25, 0.3) is 0 Å². The molecule has 20 heavy (non-hydrogen) atoms. The number of unbranched alkanes of at least 4 members (excludes halogenated alkanes) is 7. The van der Waals surface area contributed by atoms with Crippen molar-refractivity contribution in [1.29, 1.82) is 0 Å². The summed E-state index contributed by atoms with van der Waals surface area (Å²) in [6.07, 6.45) is 13.5. The van der Waals surface area contributed by atoms with Crippen LogP contribution in [0, 0.1) is 0 Å². The monoisotopic (exact) mass is 340 g/mol. The topological polar surface area (TPSA) is 34.1 Å². The molecule has 0 heterocycles. The standard InChI is InChI=1S/C17H25BrO2/c1-2-3-4-5-6-7-8-9-10-14-15(13-18)17(20)12-11-16(14)19/h11-12H,2-10,13H2,1H3. The van der Waals surface area contributed by atoms with Crippen molar-refractivity contribution in [3.8, 4) is 0 Å². The van der Waals surface area contributed by atoms with E-state index >= 15 is 0 Å². The predicted octanol–water partition coefficient (Wildman–Crippen LogP) is 4.92. The fraction of sp³-hybridized carbons (Fsp3) is 0.647. The van der Waals surface area contributed by atoms with Gasteiger partial charge in [0.2, 0.25) is 0 Å². The first kappa shape index (κ1) is 17.4. The molecule has 2 nitrogen and oxygen atoms in total. The van der Waals surface area contributed by atoms with Crippen molar-refractivity contribution in [3.63, 3.8) is 0 Å². The van der Waals surface area contributed by atoms with Crippen molar-refractivity contribution in [1.82, 2.24) is 0 Å². The molecule has 0 unspecified atom stereocenters. The van der Waals surface area contributed by atoms with E-state index in [9.17, 15) is 9.59 Å². The molecule has 0 aromatic carbocycles. The van der Waals surface area contributed by atoms with Gasteiger partial charge in [-0.25, -0.2) is 0 Å². The van der Waals surface area contributed by atoms with Gasteiger partial charge in [-0.2, -0.15) is 0 Å². The second-order valence-electron chi connectivity index (χ2n) is 5.38. The Hall–Kier alpha value is -0.700. The van der Waals surface area contributed by atoms with E-state index < -0.39 is 0 Å². The number of ketones is 2. The highest BCUT2D eigenvalue weighted by Gasteiger charge is 2.20. The average molecular weight is 341 g/mol. The number of carbonyl (C=O) groups excluding carboxylic acids is 2. The molecule has 0 saturated heterocycles. The molecule has 0 N–H and O–H groups in total. The van der Waals surface area contributed by atoms with Crippen molar-refractivity contribution in [2.45, 2.75) is 64.7 Å². The number of halogens is 1. The largest absolute Gasteiger partial charge is 0.290 e. The number of hydrogen-bond acceptors (Lipinski definition) is 2. The molecule has 112 valence electrons. The molecule has 0 bridgehead atoms. The van der Waals surface area contributed by atoms with E-state index in [4.69, 9.17) is 0 Å². The molecule has 0 aliphatic heterocycles. The summed E-state index contributed by atoms with van der Waals surface area (Å²) in [6, 6.07) is 0. The minimum atomic E-state index is -0.0176. The molecule has 0 aromatic heterocycles. The third-order valence-electron chi connectivity index (χ3n) is 3.76. The van der Waals surface area contributed by atoms with Gasteiger partial charge >= 0.3 is 0 Å². The average Bonchev–Trinajstić information content (AvgIpc) is 2.45. The summed E-state index contributed by atoms with van der Waals surface area (Å²) < 4.78 is 0. The summed E-state index contributed by atoms with van der Waals surface area (Å²) in [6.45, 7) is 2.23. The van der Waals surface area contributed by atoms with Crippen LogP contribution in [0.15, 0.2) is 23.3 Å². The Bertz CT molecular complexity index is 394. The van der Waals surface area contributed by atoms with E-state index in [1.54, 1.807) is 0 Å². The summed E-state index contributed by atoms with van der Waals surface area (Å²) in [7, 11) is 0. The zero-order valence-corrected chi connectivity index (χ0v) is 14.0. The Kier molecular flexibility index (Phi) is 8.75. The predicted molar refractivity (Wildman–Crippen MR) is 87.2 cm³/mol. The van der Waals surface area contributed by atoms with E-state index in [0.717, 1.165) is 24.8 Å². The molecular weight excluding hydrogens is 316 g/mol. The molecule has 0 fully saturated rings. The van der Waals surface area contributed by atoms with Crippen LogP contribution in [0.4, 0.5) is 0 Å². The van der Waals surface area contributed by atoms with Gasteiger partial charge in [-0.05, 0) is 25.0 Å². The molecular formula is C17H25BrO2. The molecule has 1 aliphatic rings. The van der Waals surface area contributed by atoms with Gasteiger partial charge < -0.3 is 0 Å². The molecule has 0 radical (unpaired) electrons. The first-order valence-corrected chi connectivity index (χ1v) is 8.87. The number of rotatable bonds is 10. The van der Waals surface area contributed by atoms with Crippen LogP contribution >= 0.6 is 15.9 Å². The van der Waals surface area contributed by atoms with Gasteiger partial charge in [-0.3, -0.25) is 9.59 Å². The van der Waals surface area contributed by atoms with Gasteiger partial charge in [-0.15, -0.1) is 0 Å². The highest BCUT2D eigenvalue weighted by Crippen LogP contribution is 2.22. The number of carbonyl (C=O) groups is 2. The molecule has 1 rings (SSSR count). The van der Waals surface area contributed by atoms with Gasteiger partial charge in [0, 0.05) is 16.5 Å². The lowest BCUT2D eigenvalue weighted by Crippen LogP contribution is -2.15. The Labute approximate surface area is 130 Å². The summed E-state index contributed by atoms with van der Waals surface area (Å²) in [5, 5.41) is 0.480. The van der Waals surface area contributed by atoms with E-state index in [0.29, 0.717) is 10.9 Å². The summed E-state index contributed by atoms with van der Waals surface area (Å²) >= 11 is 3.31. The number of allylic oxidation sites excluding steroid dienone is 4. The maximum atomic E-state index is 11.8. The minimum Gasteiger partial charge on any atom is -0.290 e. The van der Waals surface area contributed by atoms with E-state index in [-0.39, 0.29) is 11.6 Å². The quantitative estimate of drug-likeness (QED) is 0.321. The lowest BCUT2D eigenvalue weighted by atomic mass is 9.92. The summed E-state index contributed by atoms with van der Waals surface area (Å²) in [5.41, 5.74) is 1.38. The lowest BCUT2D eigenvalue weighted by molar-refractivity contribution is -0.115. The van der Waals surface area contributed by atoms with Crippen LogP contribution in [0.1, 0.15) is 64.7 Å². The van der Waals surface area contributed by atoms with Crippen LogP contribution < -0.4 is 0 Å². The van der Waals surface area contributed by atoms with Gasteiger partial charge in [-0.1, -0.05) is 67.8 Å². The maximum Gasteiger partial charge on any atom is 0.183 e. The van der Waals surface area contributed by atoms with Crippen LogP contribution in [0.2, 0.25) is 0 Å². The zero-order chi connectivity index (χ0) is 14.8. The highest BCUT2D eigenvalue weighted by atomic mass is 79.9. The summed E-state index contributed by atoms with van der Waals surface area (Å²) in [4.78, 5) is 23.5. The third kappa shape index (κ3) is 5.74. The molecule has 0 amide bonds. The smallest absolute Gasteiger partial charge is 0.183 e. The number of hydrogen-bond donors (Lipinski definition) is 0. The minimum absolute atomic E-state index is 0.0157. The van der Waals surface area contributed by atoms with Crippen LogP contribution in [0.5, 0.6) is 0 Å². The maximum absolute atomic E-state index is 11.8. The Morgan fingerprint density at radius 2 is 1.30 bits per heavy atom. The normalized spacial score (nSPS) is 15.3. The third-order valence-corrected chi connectivity index (χ3v) is 4.32. The molecule has 0 aromatic rings. The van der Waals surface area contributed by atoms with Gasteiger partial charge in [0.15, 0.2) is 11.6 Å². The second kappa shape index (κ2) is 10.1. The van der Waals surface area contributed by atoms with E-state index in [1.165, 1.54) is 50.7 Å². The van der Waals surface area contributed by atoms with Gasteiger partial charge in [0.25, 0.3) is 0 Å². The fourth-order valence-electron chi connectivity index (χ4n) is 2.51. The van der Waals surface area contributed by atoms with Crippen molar-refractivity contribution < 1.29 is 9.59 Å². The first-order chi connectivity index (χ1) is 9.70. The van der Waals surface area contributed by atoms with Crippen LogP contribution in [0.3, 0.4) is 0 Å². The van der Waals surface area contributed by atoms with E-state index in [1.807, 2.05) is 0 Å². The van der Waals surface area contributed by atoms with Crippen LogP contribution in [-0.2, 0) is 9.59 Å². The lowest BCUT2D eigenvalue weighted by Gasteiger charge is -2.12. The molecule has 0 spiro atoms. The molecule has 0 saturated carbocycles. The van der Waals surface area contributed by atoms with Crippen molar-refractivity contribution in [2.24, 2.45) is 0 Å². The second-order valence-corrected chi connectivity index (χ2v) is 5.94. The van der Waals surface area contributed by atoms with Crippen LogP contribution in [-0.4, -0.2) is 16.9 Å². The van der Waals surface area contributed by atoms with E-state index in [2.05, 4.69) is 22.9 Å². The van der Waals surface area contributed by atoms with Crippen molar-refractivity contribution in [3.05, 3.63) is 23.3 Å². The first-order valence-electron chi connectivity index (χ1n) is 7.75. The molecule has 3 heteroatoms. The highest BCUT2D eigenvalue weighted by molar-refractivity contribution is 9.09. The summed E-state index contributed by atoms with van der Waals surface area (Å²) in [5.74, 6) is -0.00182. The van der Waals surface area contributed by atoms with Crippen molar-refractivity contribution >= 4 is 27.5 Å². The van der Waals surface area contributed by atoms with Gasteiger partial charge in [0.1, 0.15) is 0 Å². The Morgan fingerprint density at radius 1 is 0.800 bits per heavy atom. The fourth-order valence-corrected chi connectivity index (χ4v) is 3.12. The van der Waals surface area contributed by atoms with Gasteiger partial charge in [0.05, 0.1) is 0 Å². The Balaban J connectivity index is 2.26.